The predicted molar refractivity (Wildman–Crippen MR) is 66.5 cm³/mol. The molecule has 0 aromatic heterocycles. The van der Waals surface area contributed by atoms with Crippen LogP contribution in [-0.2, 0) is 12.8 Å². The van der Waals surface area contributed by atoms with Gasteiger partial charge in [0.2, 0.25) is 0 Å². The Balaban J connectivity index is 2.07. The minimum absolute atomic E-state index is 0.658. The Labute approximate surface area is 101 Å². The molecule has 0 N–H and O–H groups in total. The van der Waals surface area contributed by atoms with Crippen LogP contribution in [0.25, 0.3) is 0 Å². The van der Waals surface area contributed by atoms with Crippen LogP contribution in [0.4, 0.5) is 0 Å². The quantitative estimate of drug-likeness (QED) is 0.745. The third-order valence-corrected chi connectivity index (χ3v) is 2.65. The first-order valence-corrected chi connectivity index (χ1v) is 5.58. The van der Waals surface area contributed by atoms with Crippen LogP contribution in [0.15, 0.2) is 54.6 Å². The van der Waals surface area contributed by atoms with Gasteiger partial charge in [-0.3, -0.25) is 0 Å². The summed E-state index contributed by atoms with van der Waals surface area (Å²) in [5.74, 6) is 0.658. The summed E-state index contributed by atoms with van der Waals surface area (Å²) in [6.45, 7) is 0. The van der Waals surface area contributed by atoms with Gasteiger partial charge in [0.25, 0.3) is 6.26 Å². The molecule has 0 atom stereocenters. The molecule has 0 unspecified atom stereocenters. The van der Waals surface area contributed by atoms with E-state index in [0.717, 1.165) is 18.4 Å². The van der Waals surface area contributed by atoms with Crippen LogP contribution >= 0.6 is 0 Å². The Bertz CT molecular complexity index is 514. The Morgan fingerprint density at radius 1 is 0.882 bits per heavy atom. The molecule has 84 valence electrons. The van der Waals surface area contributed by atoms with E-state index in [0.29, 0.717) is 5.75 Å². The van der Waals surface area contributed by atoms with Gasteiger partial charge in [-0.05, 0) is 30.0 Å². The van der Waals surface area contributed by atoms with Gasteiger partial charge in [0, 0.05) is 0 Å². The third kappa shape index (κ3) is 3.09. The normalized spacial score (nSPS) is 9.59. The second-order valence-corrected chi connectivity index (χ2v) is 3.79. The van der Waals surface area contributed by atoms with Gasteiger partial charge in [-0.1, -0.05) is 48.5 Å². The molecular weight excluding hydrogens is 210 g/mol. The first kappa shape index (κ1) is 11.2. The van der Waals surface area contributed by atoms with Crippen LogP contribution in [0.2, 0.25) is 0 Å². The molecule has 0 heterocycles. The van der Waals surface area contributed by atoms with Crippen LogP contribution in [0.3, 0.4) is 0 Å². The third-order valence-electron chi connectivity index (χ3n) is 2.65. The monoisotopic (exact) mass is 223 g/mol. The highest BCUT2D eigenvalue weighted by Gasteiger charge is 2.03. The number of ether oxygens (including phenoxy) is 1. The van der Waals surface area contributed by atoms with Crippen molar-refractivity contribution in [2.75, 3.05) is 0 Å². The minimum Gasteiger partial charge on any atom is -0.388 e. The summed E-state index contributed by atoms with van der Waals surface area (Å²) in [5, 5.41) is 8.56. The summed E-state index contributed by atoms with van der Waals surface area (Å²) in [6.07, 6.45) is 3.55. The van der Waals surface area contributed by atoms with Crippen molar-refractivity contribution in [1.29, 1.82) is 5.26 Å². The van der Waals surface area contributed by atoms with E-state index < -0.39 is 0 Å². The number of aryl methyl sites for hydroxylation is 2. The summed E-state index contributed by atoms with van der Waals surface area (Å²) in [6, 6.07) is 17.9. The van der Waals surface area contributed by atoms with E-state index in [1.807, 2.05) is 42.5 Å². The molecule has 2 aromatic carbocycles. The Morgan fingerprint density at radius 3 is 2.35 bits per heavy atom. The van der Waals surface area contributed by atoms with Gasteiger partial charge < -0.3 is 4.74 Å². The standard InChI is InChI=1S/C15H13NO/c16-12-17-15-9-5-4-8-14(15)11-10-13-6-2-1-3-7-13/h1-9H,10-11H2. The highest BCUT2D eigenvalue weighted by Crippen LogP contribution is 2.19. The van der Waals surface area contributed by atoms with E-state index in [1.54, 1.807) is 6.26 Å². The van der Waals surface area contributed by atoms with Crippen LogP contribution in [0.5, 0.6) is 5.75 Å². The molecule has 0 aliphatic heterocycles. The van der Waals surface area contributed by atoms with Gasteiger partial charge in [-0.15, -0.1) is 5.26 Å². The van der Waals surface area contributed by atoms with Gasteiger partial charge >= 0.3 is 0 Å². The Morgan fingerprint density at radius 2 is 1.59 bits per heavy atom. The van der Waals surface area contributed by atoms with Crippen molar-refractivity contribution in [3.63, 3.8) is 0 Å². The molecule has 0 fully saturated rings. The molecule has 0 amide bonds. The molecule has 0 aliphatic carbocycles. The van der Waals surface area contributed by atoms with Gasteiger partial charge in [-0.25, -0.2) is 0 Å². The fraction of sp³-hybridized carbons (Fsp3) is 0.133. The number of nitriles is 1. The summed E-state index contributed by atoms with van der Waals surface area (Å²) < 4.78 is 4.93. The number of benzene rings is 2. The smallest absolute Gasteiger partial charge is 0.292 e. The number of para-hydroxylation sites is 1. The van der Waals surface area contributed by atoms with Gasteiger partial charge in [0.05, 0.1) is 0 Å². The molecule has 0 saturated carbocycles. The minimum atomic E-state index is 0.658. The lowest BCUT2D eigenvalue weighted by atomic mass is 10.0. The van der Waals surface area contributed by atoms with E-state index in [4.69, 9.17) is 10.00 Å². The van der Waals surface area contributed by atoms with Gasteiger partial charge in [0.1, 0.15) is 5.75 Å². The number of nitrogens with zero attached hydrogens (tertiary/aromatic N) is 1. The molecule has 2 nitrogen and oxygen atoms in total. The molecule has 17 heavy (non-hydrogen) atoms. The largest absolute Gasteiger partial charge is 0.388 e. The van der Waals surface area contributed by atoms with E-state index in [1.165, 1.54) is 5.56 Å². The maximum atomic E-state index is 8.56. The van der Waals surface area contributed by atoms with Crippen molar-refractivity contribution in [3.05, 3.63) is 65.7 Å². The SMILES string of the molecule is N#COc1ccccc1CCc1ccccc1. The van der Waals surface area contributed by atoms with Crippen molar-refractivity contribution in [2.45, 2.75) is 12.8 Å². The van der Waals surface area contributed by atoms with E-state index in [-0.39, 0.29) is 0 Å². The average molecular weight is 223 g/mol. The fourth-order valence-corrected chi connectivity index (χ4v) is 1.78. The number of rotatable bonds is 4. The van der Waals surface area contributed by atoms with Crippen molar-refractivity contribution in [1.82, 2.24) is 0 Å². The molecule has 2 rings (SSSR count). The van der Waals surface area contributed by atoms with E-state index in [2.05, 4.69) is 12.1 Å². The lowest BCUT2D eigenvalue weighted by Crippen LogP contribution is -1.94. The highest BCUT2D eigenvalue weighted by molar-refractivity contribution is 5.35. The van der Waals surface area contributed by atoms with Crippen LogP contribution < -0.4 is 4.74 Å². The molecule has 2 aromatic rings. The van der Waals surface area contributed by atoms with E-state index in [9.17, 15) is 0 Å². The fourth-order valence-electron chi connectivity index (χ4n) is 1.78. The number of hydrogen-bond donors (Lipinski definition) is 0. The van der Waals surface area contributed by atoms with Crippen LogP contribution in [0.1, 0.15) is 11.1 Å². The topological polar surface area (TPSA) is 33.0 Å². The molecule has 0 saturated heterocycles. The first-order chi connectivity index (χ1) is 8.40. The Kier molecular flexibility index (Phi) is 3.77. The van der Waals surface area contributed by atoms with Crippen molar-refractivity contribution in [3.8, 4) is 12.0 Å². The Hall–Kier alpha value is -2.27. The molecule has 0 aliphatic rings. The molecule has 2 heteroatoms. The summed E-state index contributed by atoms with van der Waals surface area (Å²) in [5.41, 5.74) is 2.36. The zero-order chi connectivity index (χ0) is 11.9. The average Bonchev–Trinajstić information content (AvgIpc) is 2.39. The zero-order valence-electron chi connectivity index (χ0n) is 9.47. The summed E-state index contributed by atoms with van der Waals surface area (Å²) >= 11 is 0. The molecule has 0 bridgehead atoms. The van der Waals surface area contributed by atoms with Crippen LogP contribution in [-0.4, -0.2) is 0 Å². The van der Waals surface area contributed by atoms with Crippen LogP contribution in [0, 0.1) is 11.5 Å². The van der Waals surface area contributed by atoms with Crippen molar-refractivity contribution >= 4 is 0 Å². The lowest BCUT2D eigenvalue weighted by Gasteiger charge is -2.05. The first-order valence-electron chi connectivity index (χ1n) is 5.58. The zero-order valence-corrected chi connectivity index (χ0v) is 9.47. The maximum Gasteiger partial charge on any atom is 0.292 e. The summed E-state index contributed by atoms with van der Waals surface area (Å²) in [4.78, 5) is 0. The van der Waals surface area contributed by atoms with E-state index >= 15 is 0 Å². The highest BCUT2D eigenvalue weighted by atomic mass is 16.5. The van der Waals surface area contributed by atoms with Gasteiger partial charge in [-0.2, -0.15) is 0 Å². The van der Waals surface area contributed by atoms with Crippen molar-refractivity contribution < 1.29 is 4.74 Å². The lowest BCUT2D eigenvalue weighted by molar-refractivity contribution is 0.500. The number of hydrogen-bond acceptors (Lipinski definition) is 2. The molecule has 0 spiro atoms. The predicted octanol–water partition coefficient (Wildman–Crippen LogP) is 3.33. The second kappa shape index (κ2) is 5.72. The summed E-state index contributed by atoms with van der Waals surface area (Å²) in [7, 11) is 0. The van der Waals surface area contributed by atoms with Crippen molar-refractivity contribution in [2.24, 2.45) is 0 Å². The molecular formula is C15H13NO. The maximum absolute atomic E-state index is 8.56. The van der Waals surface area contributed by atoms with Gasteiger partial charge in [0.15, 0.2) is 0 Å². The molecule has 0 radical (unpaired) electrons. The second-order valence-electron chi connectivity index (χ2n) is 3.79.